The third-order valence-corrected chi connectivity index (χ3v) is 2.29. The molecule has 0 saturated carbocycles. The fraction of sp³-hybridized carbons (Fsp3) is 0.667. The minimum absolute atomic E-state index is 0.305. The zero-order chi connectivity index (χ0) is 10.4. The average Bonchev–Trinajstić information content (AvgIpc) is 2.56. The molecule has 2 nitrogen and oxygen atoms in total. The van der Waals surface area contributed by atoms with Gasteiger partial charge in [-0.2, -0.15) is 0 Å². The third-order valence-electron chi connectivity index (χ3n) is 2.29. The second-order valence-electron chi connectivity index (χ2n) is 4.65. The average molecular weight is 195 g/mol. The van der Waals surface area contributed by atoms with Crippen molar-refractivity contribution in [2.75, 3.05) is 13.1 Å². The Morgan fingerprint density at radius 2 is 2.21 bits per heavy atom. The molecular formula is C12H21NO. The van der Waals surface area contributed by atoms with Crippen LogP contribution in [0, 0.1) is 5.41 Å². The maximum atomic E-state index is 5.07. The fourth-order valence-electron chi connectivity index (χ4n) is 1.61. The molecule has 0 bridgehead atoms. The fourth-order valence-corrected chi connectivity index (χ4v) is 1.61. The van der Waals surface area contributed by atoms with Gasteiger partial charge in [0.2, 0.25) is 0 Å². The molecule has 1 heterocycles. The summed E-state index contributed by atoms with van der Waals surface area (Å²) in [6, 6.07) is 2.04. The van der Waals surface area contributed by atoms with Crippen LogP contribution in [0.25, 0.3) is 0 Å². The number of furan rings is 1. The van der Waals surface area contributed by atoms with Crippen LogP contribution in [0.15, 0.2) is 23.0 Å². The summed E-state index contributed by atoms with van der Waals surface area (Å²) in [7, 11) is 0. The molecule has 0 aromatic carbocycles. The van der Waals surface area contributed by atoms with Gasteiger partial charge in [-0.25, -0.2) is 0 Å². The summed E-state index contributed by atoms with van der Waals surface area (Å²) in [5, 5.41) is 3.46. The number of hydrogen-bond acceptors (Lipinski definition) is 2. The van der Waals surface area contributed by atoms with Gasteiger partial charge in [-0.3, -0.25) is 0 Å². The maximum absolute atomic E-state index is 5.07. The lowest BCUT2D eigenvalue weighted by molar-refractivity contribution is 0.338. The Morgan fingerprint density at radius 3 is 2.79 bits per heavy atom. The first kappa shape index (κ1) is 11.3. The Labute approximate surface area is 86.7 Å². The largest absolute Gasteiger partial charge is 0.472 e. The van der Waals surface area contributed by atoms with Crippen LogP contribution in [-0.2, 0) is 6.42 Å². The van der Waals surface area contributed by atoms with E-state index in [4.69, 9.17) is 4.42 Å². The maximum Gasteiger partial charge on any atom is 0.0934 e. The quantitative estimate of drug-likeness (QED) is 0.706. The van der Waals surface area contributed by atoms with Crippen molar-refractivity contribution in [3.63, 3.8) is 0 Å². The van der Waals surface area contributed by atoms with Crippen molar-refractivity contribution in [3.05, 3.63) is 24.2 Å². The number of nitrogens with one attached hydrogen (secondary N) is 1. The Bertz CT molecular complexity index is 239. The van der Waals surface area contributed by atoms with Gasteiger partial charge in [0.1, 0.15) is 0 Å². The molecule has 0 aliphatic heterocycles. The van der Waals surface area contributed by atoms with Gasteiger partial charge in [0.05, 0.1) is 12.5 Å². The van der Waals surface area contributed by atoms with Crippen LogP contribution in [0.4, 0.5) is 0 Å². The minimum Gasteiger partial charge on any atom is -0.472 e. The summed E-state index contributed by atoms with van der Waals surface area (Å²) < 4.78 is 5.07. The molecule has 0 aliphatic rings. The molecule has 2 heteroatoms. The Hall–Kier alpha value is -0.760. The molecule has 0 atom stereocenters. The van der Waals surface area contributed by atoms with Crippen molar-refractivity contribution in [1.29, 1.82) is 0 Å². The first-order chi connectivity index (χ1) is 6.64. The molecule has 1 aromatic heterocycles. The zero-order valence-corrected chi connectivity index (χ0v) is 9.47. The molecule has 1 N–H and O–H groups in total. The lowest BCUT2D eigenvalue weighted by Crippen LogP contribution is -2.31. The standard InChI is InChI=1S/C12H21NO/c1-4-6-13-10-12(2,3)8-11-5-7-14-9-11/h5,7,9,13H,4,6,8,10H2,1-3H3. The van der Waals surface area contributed by atoms with E-state index in [2.05, 4.69) is 26.1 Å². The van der Waals surface area contributed by atoms with Crippen molar-refractivity contribution in [3.8, 4) is 0 Å². The molecule has 0 unspecified atom stereocenters. The second kappa shape index (κ2) is 5.20. The summed E-state index contributed by atoms with van der Waals surface area (Å²) in [6.07, 6.45) is 5.84. The number of rotatable bonds is 6. The van der Waals surface area contributed by atoms with Crippen molar-refractivity contribution >= 4 is 0 Å². The highest BCUT2D eigenvalue weighted by molar-refractivity contribution is 5.07. The highest BCUT2D eigenvalue weighted by Crippen LogP contribution is 2.20. The molecule has 0 fully saturated rings. The van der Waals surface area contributed by atoms with E-state index in [-0.39, 0.29) is 0 Å². The van der Waals surface area contributed by atoms with E-state index in [1.54, 1.807) is 6.26 Å². The summed E-state index contributed by atoms with van der Waals surface area (Å²) in [5.74, 6) is 0. The van der Waals surface area contributed by atoms with Gasteiger partial charge < -0.3 is 9.73 Å². The summed E-state index contributed by atoms with van der Waals surface area (Å²) in [5.41, 5.74) is 1.59. The van der Waals surface area contributed by atoms with E-state index in [9.17, 15) is 0 Å². The lowest BCUT2D eigenvalue weighted by atomic mass is 9.86. The van der Waals surface area contributed by atoms with E-state index in [0.29, 0.717) is 5.41 Å². The highest BCUT2D eigenvalue weighted by atomic mass is 16.3. The van der Waals surface area contributed by atoms with Crippen molar-refractivity contribution in [1.82, 2.24) is 5.32 Å². The van der Waals surface area contributed by atoms with Crippen LogP contribution in [0.3, 0.4) is 0 Å². The Morgan fingerprint density at radius 1 is 1.43 bits per heavy atom. The highest BCUT2D eigenvalue weighted by Gasteiger charge is 2.18. The predicted molar refractivity (Wildman–Crippen MR) is 59.4 cm³/mol. The van der Waals surface area contributed by atoms with E-state index < -0.39 is 0 Å². The topological polar surface area (TPSA) is 25.2 Å². The van der Waals surface area contributed by atoms with E-state index >= 15 is 0 Å². The van der Waals surface area contributed by atoms with Crippen LogP contribution >= 0.6 is 0 Å². The molecule has 0 amide bonds. The van der Waals surface area contributed by atoms with Crippen LogP contribution < -0.4 is 5.32 Å². The Balaban J connectivity index is 2.33. The summed E-state index contributed by atoms with van der Waals surface area (Å²) >= 11 is 0. The normalized spacial score (nSPS) is 11.9. The van der Waals surface area contributed by atoms with Gasteiger partial charge in [-0.15, -0.1) is 0 Å². The van der Waals surface area contributed by atoms with Gasteiger partial charge in [-0.1, -0.05) is 20.8 Å². The monoisotopic (exact) mass is 195 g/mol. The zero-order valence-electron chi connectivity index (χ0n) is 9.47. The molecule has 1 aromatic rings. The molecule has 0 spiro atoms. The van der Waals surface area contributed by atoms with Crippen LogP contribution in [-0.4, -0.2) is 13.1 Å². The predicted octanol–water partition coefficient (Wildman–Crippen LogP) is 2.85. The minimum atomic E-state index is 0.305. The lowest BCUT2D eigenvalue weighted by Gasteiger charge is -2.24. The molecule has 1 rings (SSSR count). The van der Waals surface area contributed by atoms with E-state index in [1.165, 1.54) is 12.0 Å². The van der Waals surface area contributed by atoms with Gasteiger partial charge in [0.15, 0.2) is 0 Å². The van der Waals surface area contributed by atoms with Crippen molar-refractivity contribution < 1.29 is 4.42 Å². The SMILES string of the molecule is CCCNCC(C)(C)Cc1ccoc1. The molecule has 14 heavy (non-hydrogen) atoms. The van der Waals surface area contributed by atoms with Gasteiger partial charge in [0, 0.05) is 6.54 Å². The van der Waals surface area contributed by atoms with Crippen molar-refractivity contribution in [2.24, 2.45) is 5.41 Å². The second-order valence-corrected chi connectivity index (χ2v) is 4.65. The van der Waals surface area contributed by atoms with Crippen LogP contribution in [0.2, 0.25) is 0 Å². The first-order valence-electron chi connectivity index (χ1n) is 5.36. The van der Waals surface area contributed by atoms with E-state index in [1.807, 2.05) is 12.3 Å². The third kappa shape index (κ3) is 3.97. The molecule has 0 radical (unpaired) electrons. The van der Waals surface area contributed by atoms with E-state index in [0.717, 1.165) is 19.5 Å². The summed E-state index contributed by atoms with van der Waals surface area (Å²) in [4.78, 5) is 0. The molecule has 0 saturated heterocycles. The van der Waals surface area contributed by atoms with Crippen LogP contribution in [0.1, 0.15) is 32.8 Å². The van der Waals surface area contributed by atoms with Gasteiger partial charge in [-0.05, 0) is 36.4 Å². The van der Waals surface area contributed by atoms with Gasteiger partial charge >= 0.3 is 0 Å². The molecular weight excluding hydrogens is 174 g/mol. The molecule has 80 valence electrons. The Kier molecular flexibility index (Phi) is 4.21. The number of hydrogen-bond donors (Lipinski definition) is 1. The van der Waals surface area contributed by atoms with Crippen LogP contribution in [0.5, 0.6) is 0 Å². The summed E-state index contributed by atoms with van der Waals surface area (Å²) in [6.45, 7) is 8.92. The molecule has 0 aliphatic carbocycles. The van der Waals surface area contributed by atoms with Gasteiger partial charge in [0.25, 0.3) is 0 Å². The first-order valence-corrected chi connectivity index (χ1v) is 5.36. The smallest absolute Gasteiger partial charge is 0.0934 e. The van der Waals surface area contributed by atoms with Crippen molar-refractivity contribution in [2.45, 2.75) is 33.6 Å².